The van der Waals surface area contributed by atoms with Gasteiger partial charge in [-0.2, -0.15) is 5.10 Å². The van der Waals surface area contributed by atoms with Gasteiger partial charge in [0.15, 0.2) is 5.96 Å². The van der Waals surface area contributed by atoms with E-state index in [0.717, 1.165) is 25.3 Å². The molecule has 0 amide bonds. The molecule has 148 valence electrons. The van der Waals surface area contributed by atoms with E-state index in [4.69, 9.17) is 4.99 Å². The molecule has 6 heteroatoms. The van der Waals surface area contributed by atoms with Crippen molar-refractivity contribution in [2.24, 2.45) is 12.0 Å². The molecule has 0 fully saturated rings. The Hall–Kier alpha value is -2.34. The van der Waals surface area contributed by atoms with Crippen LogP contribution in [0.1, 0.15) is 37.4 Å². The second-order valence-corrected chi connectivity index (χ2v) is 7.22. The van der Waals surface area contributed by atoms with Gasteiger partial charge in [-0.05, 0) is 46.3 Å². The maximum atomic E-state index is 4.83. The van der Waals surface area contributed by atoms with Crippen LogP contribution in [-0.4, -0.2) is 53.9 Å². The number of nitrogens with zero attached hydrogens (tertiary/aromatic N) is 4. The maximum absolute atomic E-state index is 4.83. The van der Waals surface area contributed by atoms with Gasteiger partial charge in [0.25, 0.3) is 0 Å². The van der Waals surface area contributed by atoms with Gasteiger partial charge in [0, 0.05) is 31.4 Å². The first-order valence-electron chi connectivity index (χ1n) is 9.73. The van der Waals surface area contributed by atoms with Crippen LogP contribution >= 0.6 is 0 Å². The largest absolute Gasteiger partial charge is 0.357 e. The lowest BCUT2D eigenvalue weighted by Crippen LogP contribution is -2.43. The van der Waals surface area contributed by atoms with Gasteiger partial charge < -0.3 is 15.5 Å². The highest BCUT2D eigenvalue weighted by atomic mass is 15.3. The lowest BCUT2D eigenvalue weighted by Gasteiger charge is -2.23. The van der Waals surface area contributed by atoms with Crippen LogP contribution in [0.15, 0.2) is 47.7 Å². The van der Waals surface area contributed by atoms with Gasteiger partial charge in [0.2, 0.25) is 0 Å². The van der Waals surface area contributed by atoms with Crippen molar-refractivity contribution in [3.63, 3.8) is 0 Å². The first-order valence-corrected chi connectivity index (χ1v) is 9.73. The van der Waals surface area contributed by atoms with E-state index in [1.165, 1.54) is 11.1 Å². The monoisotopic (exact) mass is 370 g/mol. The standard InChI is InChI=1S/C21H34N6/c1-6-22-21(25-17(2)12-13-18-10-8-7-9-11-18)23-15-20(26(3)4)19-14-24-27(5)16-19/h7-11,14,16-17,20H,6,12-13,15H2,1-5H3,(H2,22,23,25). The van der Waals surface area contributed by atoms with Gasteiger partial charge >= 0.3 is 0 Å². The Morgan fingerprint density at radius 2 is 2.00 bits per heavy atom. The summed E-state index contributed by atoms with van der Waals surface area (Å²) in [6.07, 6.45) is 6.10. The van der Waals surface area contributed by atoms with Crippen LogP contribution in [0.5, 0.6) is 0 Å². The molecule has 0 saturated carbocycles. The van der Waals surface area contributed by atoms with Crippen molar-refractivity contribution < 1.29 is 0 Å². The van der Waals surface area contributed by atoms with Gasteiger partial charge in [0.1, 0.15) is 0 Å². The van der Waals surface area contributed by atoms with Crippen molar-refractivity contribution in [1.29, 1.82) is 0 Å². The SMILES string of the molecule is CCNC(=NCC(c1cnn(C)c1)N(C)C)NC(C)CCc1ccccc1. The Kier molecular flexibility index (Phi) is 8.33. The second-order valence-electron chi connectivity index (χ2n) is 7.22. The van der Waals surface area contributed by atoms with Crippen molar-refractivity contribution in [1.82, 2.24) is 25.3 Å². The minimum absolute atomic E-state index is 0.203. The molecule has 0 bridgehead atoms. The number of likely N-dealkylation sites (N-methyl/N-ethyl adjacent to an activating group) is 1. The summed E-state index contributed by atoms with van der Waals surface area (Å²) in [4.78, 5) is 7.01. The summed E-state index contributed by atoms with van der Waals surface area (Å²) in [5.41, 5.74) is 2.55. The Labute approximate surface area is 163 Å². The van der Waals surface area contributed by atoms with Crippen LogP contribution in [0.3, 0.4) is 0 Å². The second kappa shape index (κ2) is 10.7. The molecule has 6 nitrogen and oxygen atoms in total. The third kappa shape index (κ3) is 7.06. The molecule has 0 saturated heterocycles. The molecule has 2 rings (SSSR count). The van der Waals surface area contributed by atoms with Crippen molar-refractivity contribution in [2.45, 2.75) is 38.8 Å². The molecule has 0 aliphatic heterocycles. The van der Waals surface area contributed by atoms with E-state index in [9.17, 15) is 0 Å². The molecule has 2 unspecified atom stereocenters. The topological polar surface area (TPSA) is 57.5 Å². The molecule has 0 radical (unpaired) electrons. The number of rotatable bonds is 9. The average Bonchev–Trinajstić information content (AvgIpc) is 3.07. The van der Waals surface area contributed by atoms with Gasteiger partial charge in [-0.3, -0.25) is 9.67 Å². The fourth-order valence-electron chi connectivity index (χ4n) is 3.01. The van der Waals surface area contributed by atoms with E-state index >= 15 is 0 Å². The molecule has 1 aromatic carbocycles. The smallest absolute Gasteiger partial charge is 0.191 e. The fourth-order valence-corrected chi connectivity index (χ4v) is 3.01. The minimum atomic E-state index is 0.203. The molecule has 1 heterocycles. The molecule has 2 N–H and O–H groups in total. The molecule has 2 aromatic rings. The summed E-state index contributed by atoms with van der Waals surface area (Å²) < 4.78 is 1.84. The lowest BCUT2D eigenvalue weighted by molar-refractivity contribution is 0.306. The van der Waals surface area contributed by atoms with Crippen molar-refractivity contribution in [2.75, 3.05) is 27.2 Å². The zero-order chi connectivity index (χ0) is 19.6. The quantitative estimate of drug-likeness (QED) is 0.526. The number of aliphatic imine (C=N–C) groups is 1. The summed E-state index contributed by atoms with van der Waals surface area (Å²) in [5, 5.41) is 11.2. The van der Waals surface area contributed by atoms with E-state index in [1.54, 1.807) is 0 Å². The zero-order valence-electron chi connectivity index (χ0n) is 17.3. The van der Waals surface area contributed by atoms with E-state index in [-0.39, 0.29) is 6.04 Å². The van der Waals surface area contributed by atoms with Crippen molar-refractivity contribution in [3.05, 3.63) is 53.9 Å². The number of nitrogens with one attached hydrogen (secondary N) is 2. The number of hydrogen-bond acceptors (Lipinski definition) is 3. The van der Waals surface area contributed by atoms with E-state index in [0.29, 0.717) is 12.6 Å². The highest BCUT2D eigenvalue weighted by Gasteiger charge is 2.16. The van der Waals surface area contributed by atoms with Crippen molar-refractivity contribution in [3.8, 4) is 0 Å². The molecule has 1 aromatic heterocycles. The third-order valence-electron chi connectivity index (χ3n) is 4.59. The highest BCUT2D eigenvalue weighted by Crippen LogP contribution is 2.17. The number of benzene rings is 1. The Bertz CT molecular complexity index is 692. The van der Waals surface area contributed by atoms with E-state index in [1.807, 2.05) is 17.9 Å². The van der Waals surface area contributed by atoms with E-state index < -0.39 is 0 Å². The van der Waals surface area contributed by atoms with Crippen LogP contribution in [0, 0.1) is 0 Å². The summed E-state index contributed by atoms with van der Waals surface area (Å²) in [7, 11) is 6.10. The first kappa shape index (κ1) is 21.0. The van der Waals surface area contributed by atoms with Crippen LogP contribution in [-0.2, 0) is 13.5 Å². The Morgan fingerprint density at radius 3 is 2.59 bits per heavy atom. The lowest BCUT2D eigenvalue weighted by atomic mass is 10.1. The summed E-state index contributed by atoms with van der Waals surface area (Å²) in [6, 6.07) is 11.2. The summed E-state index contributed by atoms with van der Waals surface area (Å²) in [5.74, 6) is 0.869. The molecular formula is C21H34N6. The van der Waals surface area contributed by atoms with Crippen LogP contribution in [0.4, 0.5) is 0 Å². The van der Waals surface area contributed by atoms with Gasteiger partial charge in [-0.15, -0.1) is 0 Å². The number of aromatic nitrogens is 2. The third-order valence-corrected chi connectivity index (χ3v) is 4.59. The highest BCUT2D eigenvalue weighted by molar-refractivity contribution is 5.80. The zero-order valence-corrected chi connectivity index (χ0v) is 17.3. The Balaban J connectivity index is 1.95. The normalized spacial score (nSPS) is 14.2. The maximum Gasteiger partial charge on any atom is 0.191 e. The number of aryl methyl sites for hydroxylation is 2. The number of guanidine groups is 1. The molecule has 0 aliphatic rings. The predicted octanol–water partition coefficient (Wildman–Crippen LogP) is 2.60. The van der Waals surface area contributed by atoms with Crippen LogP contribution in [0.25, 0.3) is 0 Å². The molecule has 0 aliphatic carbocycles. The molecule has 0 spiro atoms. The molecular weight excluding hydrogens is 336 g/mol. The first-order chi connectivity index (χ1) is 13.0. The minimum Gasteiger partial charge on any atom is -0.357 e. The summed E-state index contributed by atoms with van der Waals surface area (Å²) >= 11 is 0. The average molecular weight is 371 g/mol. The van der Waals surface area contributed by atoms with Gasteiger partial charge in [0.05, 0.1) is 18.8 Å². The molecule has 27 heavy (non-hydrogen) atoms. The Morgan fingerprint density at radius 1 is 1.26 bits per heavy atom. The predicted molar refractivity (Wildman–Crippen MR) is 113 cm³/mol. The van der Waals surface area contributed by atoms with Gasteiger partial charge in [-0.1, -0.05) is 30.3 Å². The molecule has 2 atom stereocenters. The van der Waals surface area contributed by atoms with Crippen molar-refractivity contribution >= 4 is 5.96 Å². The summed E-state index contributed by atoms with van der Waals surface area (Å²) in [6.45, 7) is 5.83. The van der Waals surface area contributed by atoms with Crippen LogP contribution in [0.2, 0.25) is 0 Å². The fraction of sp³-hybridized carbons (Fsp3) is 0.524. The number of hydrogen-bond donors (Lipinski definition) is 2. The van der Waals surface area contributed by atoms with E-state index in [2.05, 4.69) is 85.1 Å². The van der Waals surface area contributed by atoms with Crippen LogP contribution < -0.4 is 10.6 Å². The van der Waals surface area contributed by atoms with Gasteiger partial charge in [-0.25, -0.2) is 0 Å².